The van der Waals surface area contributed by atoms with Crippen LogP contribution in [0.1, 0.15) is 49.4 Å². The van der Waals surface area contributed by atoms with Crippen molar-refractivity contribution in [3.8, 4) is 0 Å². The van der Waals surface area contributed by atoms with Gasteiger partial charge in [-0.2, -0.15) is 5.10 Å². The summed E-state index contributed by atoms with van der Waals surface area (Å²) >= 11 is 20.6. The molecule has 1 saturated carbocycles. The summed E-state index contributed by atoms with van der Waals surface area (Å²) in [6.07, 6.45) is 7.66. The predicted octanol–water partition coefficient (Wildman–Crippen LogP) is 6.62. The maximum absolute atomic E-state index is 6.58. The molecule has 1 saturated heterocycles. The molecule has 2 fully saturated rings. The van der Waals surface area contributed by atoms with Crippen LogP contribution in [-0.2, 0) is 0 Å². The number of anilines is 1. The molecule has 8 heteroatoms. The molecule has 1 aliphatic carbocycles. The van der Waals surface area contributed by atoms with Crippen molar-refractivity contribution in [1.29, 1.82) is 0 Å². The minimum absolute atomic E-state index is 0.0954. The summed E-state index contributed by atoms with van der Waals surface area (Å²) in [5.74, 6) is 0. The van der Waals surface area contributed by atoms with Crippen molar-refractivity contribution >= 4 is 57.5 Å². The highest BCUT2D eigenvalue weighted by molar-refractivity contribution is 7.16. The number of hydrazone groups is 1. The first-order valence-corrected chi connectivity index (χ1v) is 13.1. The van der Waals surface area contributed by atoms with Crippen molar-refractivity contribution in [2.45, 2.75) is 56.7 Å². The molecule has 0 spiro atoms. The second kappa shape index (κ2) is 9.58. The molecule has 2 unspecified atom stereocenters. The lowest BCUT2D eigenvalue weighted by atomic mass is 9.92. The van der Waals surface area contributed by atoms with Crippen molar-refractivity contribution in [2.75, 3.05) is 24.6 Å². The third-order valence-electron chi connectivity index (χ3n) is 6.71. The number of thiophene rings is 1. The SMILES string of the molecule is Clc1ccc(N2N=C(C3CN(C4CCCCC4)CCN3)CC2c2ccc(Cl)s2)c(Cl)c1. The quantitative estimate of drug-likeness (QED) is 0.515. The molecule has 2 aliphatic heterocycles. The Morgan fingerprint density at radius 2 is 1.87 bits per heavy atom. The topological polar surface area (TPSA) is 30.9 Å². The van der Waals surface area contributed by atoms with Gasteiger partial charge in [0, 0.05) is 42.0 Å². The van der Waals surface area contributed by atoms with Crippen molar-refractivity contribution in [3.05, 3.63) is 49.6 Å². The summed E-state index contributed by atoms with van der Waals surface area (Å²) in [5, 5.41) is 12.2. The number of halogens is 3. The van der Waals surface area contributed by atoms with Crippen LogP contribution in [0.3, 0.4) is 0 Å². The van der Waals surface area contributed by atoms with Gasteiger partial charge in [-0.3, -0.25) is 9.91 Å². The van der Waals surface area contributed by atoms with Gasteiger partial charge in [0.05, 0.1) is 32.8 Å². The second-order valence-electron chi connectivity index (χ2n) is 8.69. The van der Waals surface area contributed by atoms with Crippen LogP contribution in [0.4, 0.5) is 5.69 Å². The fraction of sp³-hybridized carbons (Fsp3) is 0.522. The number of hydrogen-bond acceptors (Lipinski definition) is 5. The molecule has 0 radical (unpaired) electrons. The van der Waals surface area contributed by atoms with Crippen LogP contribution in [0, 0.1) is 0 Å². The molecule has 1 aromatic carbocycles. The Balaban J connectivity index is 1.41. The Morgan fingerprint density at radius 1 is 1.03 bits per heavy atom. The zero-order chi connectivity index (χ0) is 21.4. The van der Waals surface area contributed by atoms with Gasteiger partial charge in [-0.1, -0.05) is 54.1 Å². The minimum atomic E-state index is 0.0954. The molecule has 1 N–H and O–H groups in total. The molecule has 1 aromatic heterocycles. The van der Waals surface area contributed by atoms with E-state index < -0.39 is 0 Å². The fourth-order valence-corrected chi connectivity index (χ4v) is 6.78. The van der Waals surface area contributed by atoms with Crippen LogP contribution in [-0.4, -0.2) is 42.3 Å². The van der Waals surface area contributed by atoms with Crippen LogP contribution in [0.15, 0.2) is 35.4 Å². The largest absolute Gasteiger partial charge is 0.307 e. The van der Waals surface area contributed by atoms with Gasteiger partial charge in [0.1, 0.15) is 0 Å². The van der Waals surface area contributed by atoms with Gasteiger partial charge < -0.3 is 5.32 Å². The number of nitrogens with one attached hydrogen (secondary N) is 1. The zero-order valence-corrected chi connectivity index (χ0v) is 20.5. The van der Waals surface area contributed by atoms with E-state index in [1.807, 2.05) is 18.2 Å². The molecular weight excluding hydrogens is 471 g/mol. The van der Waals surface area contributed by atoms with E-state index in [9.17, 15) is 0 Å². The average molecular weight is 498 g/mol. The van der Waals surface area contributed by atoms with Crippen LogP contribution < -0.4 is 10.3 Å². The van der Waals surface area contributed by atoms with Gasteiger partial charge in [-0.25, -0.2) is 0 Å². The molecule has 166 valence electrons. The maximum atomic E-state index is 6.58. The summed E-state index contributed by atoms with van der Waals surface area (Å²) in [6, 6.07) is 10.8. The lowest BCUT2D eigenvalue weighted by molar-refractivity contribution is 0.128. The van der Waals surface area contributed by atoms with Crippen molar-refractivity contribution < 1.29 is 0 Å². The van der Waals surface area contributed by atoms with E-state index in [2.05, 4.69) is 21.3 Å². The first kappa shape index (κ1) is 22.0. The van der Waals surface area contributed by atoms with Crippen LogP contribution in [0.25, 0.3) is 0 Å². The summed E-state index contributed by atoms with van der Waals surface area (Å²) < 4.78 is 0.796. The molecule has 31 heavy (non-hydrogen) atoms. The van der Waals surface area contributed by atoms with Crippen LogP contribution in [0.5, 0.6) is 0 Å². The Morgan fingerprint density at radius 3 is 2.61 bits per heavy atom. The summed E-state index contributed by atoms with van der Waals surface area (Å²) in [5.41, 5.74) is 2.08. The van der Waals surface area contributed by atoms with E-state index in [0.29, 0.717) is 10.0 Å². The Hall–Kier alpha value is -0.820. The Kier molecular flexibility index (Phi) is 6.80. The predicted molar refractivity (Wildman–Crippen MR) is 133 cm³/mol. The summed E-state index contributed by atoms with van der Waals surface area (Å²) in [7, 11) is 0. The van der Waals surface area contributed by atoms with Crippen molar-refractivity contribution in [2.24, 2.45) is 5.10 Å². The molecule has 5 rings (SSSR count). The monoisotopic (exact) mass is 496 g/mol. The Labute approximate surface area is 203 Å². The van der Waals surface area contributed by atoms with Gasteiger partial charge in [0.2, 0.25) is 0 Å². The smallest absolute Gasteiger partial charge is 0.0932 e. The maximum Gasteiger partial charge on any atom is 0.0932 e. The lowest BCUT2D eigenvalue weighted by Crippen LogP contribution is -2.56. The van der Waals surface area contributed by atoms with E-state index >= 15 is 0 Å². The summed E-state index contributed by atoms with van der Waals surface area (Å²) in [6.45, 7) is 3.17. The number of hydrogen-bond donors (Lipinski definition) is 1. The molecule has 0 amide bonds. The summed E-state index contributed by atoms with van der Waals surface area (Å²) in [4.78, 5) is 3.90. The normalized spacial score (nSPS) is 25.8. The minimum Gasteiger partial charge on any atom is -0.307 e. The third kappa shape index (κ3) is 4.78. The highest BCUT2D eigenvalue weighted by Crippen LogP contribution is 2.42. The molecule has 2 aromatic rings. The molecule has 3 heterocycles. The van der Waals surface area contributed by atoms with E-state index in [1.165, 1.54) is 42.7 Å². The second-order valence-corrected chi connectivity index (χ2v) is 11.3. The number of benzene rings is 1. The van der Waals surface area contributed by atoms with Gasteiger partial charge >= 0.3 is 0 Å². The van der Waals surface area contributed by atoms with Crippen molar-refractivity contribution in [1.82, 2.24) is 10.2 Å². The number of nitrogens with zero attached hydrogens (tertiary/aromatic N) is 3. The van der Waals surface area contributed by atoms with E-state index in [1.54, 1.807) is 17.4 Å². The lowest BCUT2D eigenvalue weighted by Gasteiger charge is -2.40. The highest BCUT2D eigenvalue weighted by atomic mass is 35.5. The standard InChI is InChI=1S/C23H27Cl3N4S/c24-15-6-7-20(17(25)12-15)30-21(22-8-9-23(26)31-22)13-18(28-30)19-14-29(11-10-27-19)16-4-2-1-3-5-16/h6-9,12,16,19,21,27H,1-5,10-11,13-14H2. The Bertz CT molecular complexity index is 956. The molecule has 2 atom stereocenters. The molecular formula is C23H27Cl3N4S. The number of rotatable bonds is 4. The average Bonchev–Trinajstić information content (AvgIpc) is 3.41. The first-order valence-electron chi connectivity index (χ1n) is 11.1. The number of piperazine rings is 1. The van der Waals surface area contributed by atoms with Crippen LogP contribution >= 0.6 is 46.1 Å². The van der Waals surface area contributed by atoms with Gasteiger partial charge in [-0.05, 0) is 43.2 Å². The van der Waals surface area contributed by atoms with E-state index in [4.69, 9.17) is 39.9 Å². The van der Waals surface area contributed by atoms with Crippen molar-refractivity contribution in [3.63, 3.8) is 0 Å². The van der Waals surface area contributed by atoms with Gasteiger partial charge in [-0.15, -0.1) is 11.3 Å². The third-order valence-corrected chi connectivity index (χ3v) is 8.58. The molecule has 4 nitrogen and oxygen atoms in total. The first-order chi connectivity index (χ1) is 15.1. The van der Waals surface area contributed by atoms with Crippen LogP contribution in [0.2, 0.25) is 14.4 Å². The zero-order valence-electron chi connectivity index (χ0n) is 17.4. The van der Waals surface area contributed by atoms with E-state index in [-0.39, 0.29) is 12.1 Å². The van der Waals surface area contributed by atoms with Gasteiger partial charge in [0.25, 0.3) is 0 Å². The molecule has 0 bridgehead atoms. The molecule has 3 aliphatic rings. The van der Waals surface area contributed by atoms with Gasteiger partial charge in [0.15, 0.2) is 0 Å². The fourth-order valence-electron chi connectivity index (χ4n) is 5.14. The highest BCUT2D eigenvalue weighted by Gasteiger charge is 2.37. The van der Waals surface area contributed by atoms with E-state index in [0.717, 1.165) is 42.1 Å².